The normalized spacial score (nSPS) is 11.4. The lowest BCUT2D eigenvalue weighted by atomic mass is 10.2. The Hall–Kier alpha value is -3.76. The fourth-order valence-corrected chi connectivity index (χ4v) is 4.28. The predicted octanol–water partition coefficient (Wildman–Crippen LogP) is 1.13. The van der Waals surface area contributed by atoms with Crippen molar-refractivity contribution in [3.63, 3.8) is 0 Å². The van der Waals surface area contributed by atoms with E-state index in [0.29, 0.717) is 47.7 Å². The third-order valence-corrected chi connectivity index (χ3v) is 6.21. The number of benzene rings is 2. The molecule has 0 radical (unpaired) electrons. The topological polar surface area (TPSA) is 134 Å². The molecule has 0 unspecified atom stereocenters. The molecular weight excluding hydrogens is 460 g/mol. The van der Waals surface area contributed by atoms with Crippen molar-refractivity contribution in [2.45, 2.75) is 38.8 Å². The van der Waals surface area contributed by atoms with E-state index < -0.39 is 0 Å². The van der Waals surface area contributed by atoms with Crippen LogP contribution in [0.4, 0.5) is 0 Å². The lowest BCUT2D eigenvalue weighted by molar-refractivity contribution is 0.523. The van der Waals surface area contributed by atoms with Crippen molar-refractivity contribution >= 4 is 21.8 Å². The number of nitrogens with zero attached hydrogens (tertiary/aromatic N) is 2. The summed E-state index contributed by atoms with van der Waals surface area (Å²) in [5.41, 5.74) is -0.135. The molecule has 0 atom stereocenters. The number of hydrogen-bond acceptors (Lipinski definition) is 6. The number of hydrogen-bond donors (Lipinski definition) is 4. The smallest absolute Gasteiger partial charge is 0.317 e. The molecule has 0 saturated heterocycles. The summed E-state index contributed by atoms with van der Waals surface area (Å²) in [6.45, 7) is 3.90. The maximum absolute atomic E-state index is 12.5. The highest BCUT2D eigenvalue weighted by atomic mass is 16.2. The largest absolute Gasteiger partial charge is 0.328 e. The van der Waals surface area contributed by atoms with Gasteiger partial charge in [-0.2, -0.15) is 0 Å². The van der Waals surface area contributed by atoms with Gasteiger partial charge in [0.15, 0.2) is 0 Å². The molecule has 0 aliphatic carbocycles. The Labute approximate surface area is 207 Å². The Kier molecular flexibility index (Phi) is 8.64. The second kappa shape index (κ2) is 12.3. The molecule has 0 aliphatic heterocycles. The Morgan fingerprint density at radius 1 is 0.556 bits per heavy atom. The number of nitrogens with one attached hydrogen (secondary N) is 4. The van der Waals surface area contributed by atoms with E-state index in [2.05, 4.69) is 20.6 Å². The number of H-pyrrole nitrogens is 2. The Bertz CT molecular complexity index is 1430. The highest BCUT2D eigenvalue weighted by molar-refractivity contribution is 5.77. The zero-order valence-electron chi connectivity index (χ0n) is 20.2. The van der Waals surface area contributed by atoms with Crippen LogP contribution in [-0.2, 0) is 13.1 Å². The summed E-state index contributed by atoms with van der Waals surface area (Å²) in [6, 6.07) is 14.1. The minimum Gasteiger partial charge on any atom is -0.317 e. The first-order valence-electron chi connectivity index (χ1n) is 12.4. The molecular formula is C26H32N6O4. The van der Waals surface area contributed by atoms with Crippen LogP contribution in [0.15, 0.2) is 67.7 Å². The van der Waals surface area contributed by atoms with E-state index in [1.165, 1.54) is 9.13 Å². The van der Waals surface area contributed by atoms with Gasteiger partial charge in [-0.1, -0.05) is 24.3 Å². The summed E-state index contributed by atoms with van der Waals surface area (Å²) in [5.74, 6) is 0. The Balaban J connectivity index is 1.08. The predicted molar refractivity (Wildman–Crippen MR) is 142 cm³/mol. The average Bonchev–Trinajstić information content (AvgIpc) is 2.88. The average molecular weight is 493 g/mol. The van der Waals surface area contributed by atoms with Gasteiger partial charge in [0.25, 0.3) is 11.1 Å². The minimum absolute atomic E-state index is 0.254. The van der Waals surface area contributed by atoms with Gasteiger partial charge in [0.05, 0.1) is 21.8 Å². The third kappa shape index (κ3) is 6.07. The molecule has 4 N–H and O–H groups in total. The molecule has 2 aromatic carbocycles. The molecule has 0 spiro atoms. The van der Waals surface area contributed by atoms with Crippen LogP contribution in [0, 0.1) is 0 Å². The van der Waals surface area contributed by atoms with Crippen molar-refractivity contribution in [2.24, 2.45) is 0 Å². The van der Waals surface area contributed by atoms with Crippen LogP contribution in [0.25, 0.3) is 21.8 Å². The molecule has 10 heteroatoms. The van der Waals surface area contributed by atoms with Crippen LogP contribution in [-0.4, -0.2) is 45.3 Å². The van der Waals surface area contributed by atoms with Crippen molar-refractivity contribution in [3.05, 3.63) is 90.2 Å². The first-order valence-corrected chi connectivity index (χ1v) is 12.4. The van der Waals surface area contributed by atoms with Crippen molar-refractivity contribution in [1.82, 2.24) is 29.7 Å². The second-order valence-electron chi connectivity index (χ2n) is 8.78. The molecule has 4 aromatic rings. The summed E-state index contributed by atoms with van der Waals surface area (Å²) < 4.78 is 2.52. The highest BCUT2D eigenvalue weighted by Gasteiger charge is 2.07. The lowest BCUT2D eigenvalue weighted by Crippen LogP contribution is -2.36. The number of fused-ring (bicyclic) bond motifs is 2. The van der Waals surface area contributed by atoms with E-state index >= 15 is 0 Å². The van der Waals surface area contributed by atoms with E-state index in [-0.39, 0.29) is 22.5 Å². The van der Waals surface area contributed by atoms with Crippen molar-refractivity contribution in [1.29, 1.82) is 0 Å². The maximum Gasteiger partial charge on any atom is 0.328 e. The number of aromatic amines is 2. The first kappa shape index (κ1) is 25.3. The van der Waals surface area contributed by atoms with E-state index in [4.69, 9.17) is 0 Å². The fourth-order valence-electron chi connectivity index (χ4n) is 4.28. The molecule has 10 nitrogen and oxygen atoms in total. The van der Waals surface area contributed by atoms with Crippen LogP contribution in [0.1, 0.15) is 25.7 Å². The van der Waals surface area contributed by atoms with Gasteiger partial charge in [-0.25, -0.2) is 9.59 Å². The summed E-state index contributed by atoms with van der Waals surface area (Å²) >= 11 is 0. The summed E-state index contributed by atoms with van der Waals surface area (Å²) in [5, 5.41) is 7.75. The van der Waals surface area contributed by atoms with Gasteiger partial charge in [-0.3, -0.25) is 18.7 Å². The maximum atomic E-state index is 12.5. The van der Waals surface area contributed by atoms with Gasteiger partial charge in [0.2, 0.25) is 0 Å². The molecule has 2 aromatic heterocycles. The summed E-state index contributed by atoms with van der Waals surface area (Å²) in [7, 11) is 0. The highest BCUT2D eigenvalue weighted by Crippen LogP contribution is 2.04. The number of rotatable bonds is 13. The van der Waals surface area contributed by atoms with Crippen LogP contribution >= 0.6 is 0 Å². The van der Waals surface area contributed by atoms with Crippen molar-refractivity contribution in [2.75, 3.05) is 26.2 Å². The molecule has 0 aliphatic rings. The Morgan fingerprint density at radius 2 is 0.944 bits per heavy atom. The van der Waals surface area contributed by atoms with E-state index in [0.717, 1.165) is 39.0 Å². The van der Waals surface area contributed by atoms with Crippen LogP contribution in [0.3, 0.4) is 0 Å². The number of para-hydroxylation sites is 2. The first-order chi connectivity index (χ1) is 17.6. The van der Waals surface area contributed by atoms with E-state index in [1.807, 2.05) is 0 Å². The minimum atomic E-state index is -0.375. The fraction of sp³-hybridized carbons (Fsp3) is 0.385. The van der Waals surface area contributed by atoms with Crippen molar-refractivity contribution < 1.29 is 0 Å². The van der Waals surface area contributed by atoms with Gasteiger partial charge < -0.3 is 20.6 Å². The van der Waals surface area contributed by atoms with Gasteiger partial charge in [0.1, 0.15) is 0 Å². The zero-order chi connectivity index (χ0) is 25.3. The van der Waals surface area contributed by atoms with Crippen LogP contribution < -0.4 is 33.1 Å². The number of unbranched alkanes of at least 4 members (excludes halogenated alkanes) is 1. The second-order valence-corrected chi connectivity index (χ2v) is 8.78. The molecule has 0 saturated carbocycles. The lowest BCUT2D eigenvalue weighted by Gasteiger charge is -2.09. The standard InChI is InChI=1S/C26H32N6O4/c33-23-19-9-1-3-11-21(19)29-25(35)31(23)17-7-15-27-13-5-6-14-28-16-8-18-32-24(34)20-10-2-4-12-22(20)30-26(32)36/h1-4,9-12,27-28H,5-8,13-18H2,(H,29,35)(H,30,36). The van der Waals surface area contributed by atoms with Crippen LogP contribution in [0.2, 0.25) is 0 Å². The summed E-state index contributed by atoms with van der Waals surface area (Å²) in [6.07, 6.45) is 3.36. The van der Waals surface area contributed by atoms with Gasteiger partial charge in [-0.05, 0) is 76.1 Å². The molecule has 36 heavy (non-hydrogen) atoms. The third-order valence-electron chi connectivity index (χ3n) is 6.21. The molecule has 0 bridgehead atoms. The van der Waals surface area contributed by atoms with Crippen LogP contribution in [0.5, 0.6) is 0 Å². The quantitative estimate of drug-likeness (QED) is 0.207. The Morgan fingerprint density at radius 3 is 1.39 bits per heavy atom. The van der Waals surface area contributed by atoms with E-state index in [9.17, 15) is 19.2 Å². The number of aromatic nitrogens is 4. The monoisotopic (exact) mass is 492 g/mol. The zero-order valence-corrected chi connectivity index (χ0v) is 20.2. The summed E-state index contributed by atoms with van der Waals surface area (Å²) in [4.78, 5) is 54.9. The van der Waals surface area contributed by atoms with E-state index in [1.54, 1.807) is 48.5 Å². The SMILES string of the molecule is O=c1[nH]c2ccccc2c(=O)n1CCCNCCCCNCCCn1c(=O)[nH]c2ccccc2c1=O. The molecule has 2 heterocycles. The van der Waals surface area contributed by atoms with Gasteiger partial charge in [-0.15, -0.1) is 0 Å². The molecule has 0 amide bonds. The molecule has 4 rings (SSSR count). The van der Waals surface area contributed by atoms with Crippen molar-refractivity contribution in [3.8, 4) is 0 Å². The molecule has 0 fully saturated rings. The van der Waals surface area contributed by atoms with Gasteiger partial charge in [0, 0.05) is 13.1 Å². The molecule has 190 valence electrons. The van der Waals surface area contributed by atoms with Gasteiger partial charge >= 0.3 is 11.4 Å².